The summed E-state index contributed by atoms with van der Waals surface area (Å²) in [5.74, 6) is 0. The number of nitrogens with zero attached hydrogens (tertiary/aromatic N) is 2. The highest BCUT2D eigenvalue weighted by molar-refractivity contribution is 5.89. The van der Waals surface area contributed by atoms with E-state index in [1.54, 1.807) is 10.8 Å². The monoisotopic (exact) mass is 186 g/mol. The molecule has 0 fully saturated rings. The average Bonchev–Trinajstić information content (AvgIpc) is 2.51. The normalized spacial score (nSPS) is 11.2. The average molecular weight is 186 g/mol. The van der Waals surface area contributed by atoms with Crippen LogP contribution in [0.25, 0.3) is 17.0 Å². The molecule has 2 rings (SSSR count). The molecule has 0 spiro atoms. The first-order valence-electron chi connectivity index (χ1n) is 4.36. The second kappa shape index (κ2) is 3.46. The maximum absolute atomic E-state index is 10.2. The van der Waals surface area contributed by atoms with E-state index in [4.69, 9.17) is 0 Å². The summed E-state index contributed by atoms with van der Waals surface area (Å²) in [5.41, 5.74) is 1.90. The molecule has 0 saturated carbocycles. The van der Waals surface area contributed by atoms with Gasteiger partial charge in [0, 0.05) is 12.4 Å². The van der Waals surface area contributed by atoms with Crippen LogP contribution >= 0.6 is 0 Å². The van der Waals surface area contributed by atoms with Crippen LogP contribution in [0.5, 0.6) is 0 Å². The number of hydrogen-bond donors (Lipinski definition) is 0. The lowest BCUT2D eigenvalue weighted by Crippen LogP contribution is -1.92. The third kappa shape index (κ3) is 1.33. The molecular formula is C11H10N2O. The van der Waals surface area contributed by atoms with Crippen LogP contribution in [0.15, 0.2) is 30.3 Å². The molecule has 1 heterocycles. The topological polar surface area (TPSA) is 34.9 Å². The zero-order chi connectivity index (χ0) is 9.97. The SMILES string of the molecule is Cn1nc2ccccc2c1/C=C/C=O. The van der Waals surface area contributed by atoms with Gasteiger partial charge in [0.05, 0.1) is 11.2 Å². The predicted molar refractivity (Wildman–Crippen MR) is 55.8 cm³/mol. The molecule has 0 saturated heterocycles. The van der Waals surface area contributed by atoms with Crippen LogP contribution in [0.3, 0.4) is 0 Å². The lowest BCUT2D eigenvalue weighted by Gasteiger charge is -1.92. The molecule has 0 radical (unpaired) electrons. The molecule has 1 aromatic heterocycles. The number of aryl methyl sites for hydroxylation is 1. The van der Waals surface area contributed by atoms with Gasteiger partial charge in [0.15, 0.2) is 0 Å². The number of aromatic nitrogens is 2. The van der Waals surface area contributed by atoms with Crippen molar-refractivity contribution in [2.75, 3.05) is 0 Å². The molecule has 14 heavy (non-hydrogen) atoms. The van der Waals surface area contributed by atoms with Crippen LogP contribution in [-0.2, 0) is 11.8 Å². The Hall–Kier alpha value is -1.90. The summed E-state index contributed by atoms with van der Waals surface area (Å²) < 4.78 is 1.77. The van der Waals surface area contributed by atoms with Crippen LogP contribution in [0, 0.1) is 0 Å². The van der Waals surface area contributed by atoms with E-state index in [1.165, 1.54) is 6.08 Å². The van der Waals surface area contributed by atoms with Gasteiger partial charge in [-0.15, -0.1) is 0 Å². The van der Waals surface area contributed by atoms with Gasteiger partial charge in [-0.3, -0.25) is 9.48 Å². The van der Waals surface area contributed by atoms with Gasteiger partial charge in [-0.1, -0.05) is 18.2 Å². The number of fused-ring (bicyclic) bond motifs is 1. The highest BCUT2D eigenvalue weighted by Crippen LogP contribution is 2.17. The predicted octanol–water partition coefficient (Wildman–Crippen LogP) is 1.79. The maximum atomic E-state index is 10.2. The Morgan fingerprint density at radius 3 is 2.93 bits per heavy atom. The second-order valence-corrected chi connectivity index (χ2v) is 3.02. The Kier molecular flexibility index (Phi) is 2.14. The van der Waals surface area contributed by atoms with Crippen molar-refractivity contribution in [3.63, 3.8) is 0 Å². The van der Waals surface area contributed by atoms with Crippen molar-refractivity contribution in [1.29, 1.82) is 0 Å². The number of carbonyl (C=O) groups is 1. The van der Waals surface area contributed by atoms with Crippen LogP contribution in [0.2, 0.25) is 0 Å². The molecular weight excluding hydrogens is 176 g/mol. The molecule has 0 unspecified atom stereocenters. The van der Waals surface area contributed by atoms with Gasteiger partial charge in [-0.2, -0.15) is 5.10 Å². The third-order valence-corrected chi connectivity index (χ3v) is 2.12. The molecule has 0 aliphatic rings. The molecule has 1 aromatic carbocycles. The van der Waals surface area contributed by atoms with Gasteiger partial charge in [0.1, 0.15) is 6.29 Å². The Balaban J connectivity index is 2.67. The van der Waals surface area contributed by atoms with Crippen LogP contribution in [0.1, 0.15) is 5.69 Å². The quantitative estimate of drug-likeness (QED) is 0.529. The van der Waals surface area contributed by atoms with Crippen molar-refractivity contribution in [2.24, 2.45) is 7.05 Å². The van der Waals surface area contributed by atoms with E-state index in [2.05, 4.69) is 5.10 Å². The summed E-state index contributed by atoms with van der Waals surface area (Å²) in [4.78, 5) is 10.2. The molecule has 70 valence electrons. The minimum absolute atomic E-state index is 0.766. The fraction of sp³-hybridized carbons (Fsp3) is 0.0909. The van der Waals surface area contributed by atoms with Crippen LogP contribution < -0.4 is 0 Å². The highest BCUT2D eigenvalue weighted by atomic mass is 16.1. The number of allylic oxidation sites excluding steroid dienone is 1. The van der Waals surface area contributed by atoms with Crippen LogP contribution in [0.4, 0.5) is 0 Å². The maximum Gasteiger partial charge on any atom is 0.142 e. The summed E-state index contributed by atoms with van der Waals surface area (Å²) in [6.07, 6.45) is 4.01. The summed E-state index contributed by atoms with van der Waals surface area (Å²) in [6, 6.07) is 7.85. The van der Waals surface area contributed by atoms with Crippen molar-refractivity contribution < 1.29 is 4.79 Å². The highest BCUT2D eigenvalue weighted by Gasteiger charge is 2.03. The summed E-state index contributed by atoms with van der Waals surface area (Å²) >= 11 is 0. The van der Waals surface area contributed by atoms with Crippen LogP contribution in [-0.4, -0.2) is 16.1 Å². The second-order valence-electron chi connectivity index (χ2n) is 3.02. The van der Waals surface area contributed by atoms with Crippen molar-refractivity contribution in [3.05, 3.63) is 36.0 Å². The van der Waals surface area contributed by atoms with Crippen molar-refractivity contribution in [3.8, 4) is 0 Å². The van der Waals surface area contributed by atoms with E-state index in [1.807, 2.05) is 31.3 Å². The van der Waals surface area contributed by atoms with E-state index in [-0.39, 0.29) is 0 Å². The molecule has 0 amide bonds. The minimum atomic E-state index is 0.766. The number of benzene rings is 1. The zero-order valence-electron chi connectivity index (χ0n) is 7.84. The molecule has 0 bridgehead atoms. The first-order valence-corrected chi connectivity index (χ1v) is 4.36. The fourth-order valence-corrected chi connectivity index (χ4v) is 1.50. The lowest BCUT2D eigenvalue weighted by atomic mass is 10.2. The fourth-order valence-electron chi connectivity index (χ4n) is 1.50. The van der Waals surface area contributed by atoms with Crippen molar-refractivity contribution in [2.45, 2.75) is 0 Å². The van der Waals surface area contributed by atoms with Gasteiger partial charge in [-0.05, 0) is 18.2 Å². The van der Waals surface area contributed by atoms with E-state index in [0.29, 0.717) is 0 Å². The Labute approximate surface area is 81.7 Å². The third-order valence-electron chi connectivity index (χ3n) is 2.12. The zero-order valence-corrected chi connectivity index (χ0v) is 7.84. The van der Waals surface area contributed by atoms with Gasteiger partial charge in [0.2, 0.25) is 0 Å². The lowest BCUT2D eigenvalue weighted by molar-refractivity contribution is -0.104. The number of carbonyl (C=O) groups excluding carboxylic acids is 1. The van der Waals surface area contributed by atoms with E-state index >= 15 is 0 Å². The standard InChI is InChI=1S/C11H10N2O/c1-13-11(7-4-8-14)9-5-2-3-6-10(9)12-13/h2-8H,1H3/b7-4+. The number of aldehydes is 1. The van der Waals surface area contributed by atoms with E-state index in [9.17, 15) is 4.79 Å². The van der Waals surface area contributed by atoms with E-state index in [0.717, 1.165) is 22.9 Å². The van der Waals surface area contributed by atoms with Crippen molar-refractivity contribution >= 4 is 23.3 Å². The molecule has 2 aromatic rings. The number of hydrogen-bond acceptors (Lipinski definition) is 2. The van der Waals surface area contributed by atoms with E-state index < -0.39 is 0 Å². The van der Waals surface area contributed by atoms with Gasteiger partial charge >= 0.3 is 0 Å². The van der Waals surface area contributed by atoms with Gasteiger partial charge < -0.3 is 0 Å². The van der Waals surface area contributed by atoms with Gasteiger partial charge in [-0.25, -0.2) is 0 Å². The smallest absolute Gasteiger partial charge is 0.142 e. The first kappa shape index (κ1) is 8.69. The molecule has 0 aliphatic carbocycles. The Morgan fingerprint density at radius 2 is 2.14 bits per heavy atom. The number of rotatable bonds is 2. The minimum Gasteiger partial charge on any atom is -0.299 e. The summed E-state index contributed by atoms with van der Waals surface area (Å²) in [6.45, 7) is 0. The van der Waals surface area contributed by atoms with Gasteiger partial charge in [0.25, 0.3) is 0 Å². The molecule has 3 nitrogen and oxygen atoms in total. The first-order chi connectivity index (χ1) is 6.83. The molecule has 3 heteroatoms. The Bertz CT molecular complexity index is 497. The Morgan fingerprint density at radius 1 is 1.36 bits per heavy atom. The molecule has 0 aliphatic heterocycles. The molecule has 0 N–H and O–H groups in total. The van der Waals surface area contributed by atoms with Crippen molar-refractivity contribution in [1.82, 2.24) is 9.78 Å². The largest absolute Gasteiger partial charge is 0.299 e. The molecule has 0 atom stereocenters. The summed E-state index contributed by atoms with van der Waals surface area (Å²) in [7, 11) is 1.87. The summed E-state index contributed by atoms with van der Waals surface area (Å²) in [5, 5.41) is 5.38.